The molecule has 0 N–H and O–H groups in total. The van der Waals surface area contributed by atoms with Crippen molar-refractivity contribution in [2.45, 2.75) is 34.1 Å². The third-order valence-electron chi connectivity index (χ3n) is 3.52. The molecule has 2 aliphatic rings. The van der Waals surface area contributed by atoms with E-state index in [1.165, 1.54) is 28.7 Å². The van der Waals surface area contributed by atoms with E-state index in [1.807, 2.05) is 0 Å². The van der Waals surface area contributed by atoms with E-state index in [9.17, 15) is 0 Å². The third kappa shape index (κ3) is 3.46. The van der Waals surface area contributed by atoms with E-state index >= 15 is 0 Å². The number of rotatable bonds is 0. The molecule has 0 amide bonds. The predicted molar refractivity (Wildman–Crippen MR) is 79.6 cm³/mol. The van der Waals surface area contributed by atoms with Crippen LogP contribution in [0.3, 0.4) is 0 Å². The summed E-state index contributed by atoms with van der Waals surface area (Å²) >= 11 is 0. The molecule has 18 heavy (non-hydrogen) atoms. The highest BCUT2D eigenvalue weighted by atomic mass is 14.3. The first-order chi connectivity index (χ1) is 8.56. The number of aryl methyl sites for hydroxylation is 2. The van der Waals surface area contributed by atoms with Gasteiger partial charge in [-0.2, -0.15) is 0 Å². The fourth-order valence-electron chi connectivity index (χ4n) is 2.15. The van der Waals surface area contributed by atoms with Crippen molar-refractivity contribution in [2.24, 2.45) is 5.92 Å². The molecule has 94 valence electrons. The fraction of sp³-hybridized carbons (Fsp3) is 0.333. The topological polar surface area (TPSA) is 0 Å². The summed E-state index contributed by atoms with van der Waals surface area (Å²) in [6, 6.07) is 8.48. The minimum absolute atomic E-state index is 0.814. The molecule has 0 bridgehead atoms. The molecular formula is C18H22. The van der Waals surface area contributed by atoms with Gasteiger partial charge < -0.3 is 0 Å². The molecule has 0 unspecified atom stereocenters. The van der Waals surface area contributed by atoms with E-state index in [2.05, 4.69) is 70.2 Å². The SMILES string of the molecule is CC1=CC=C(C)[C@H]2CC2=C1.Cc1ccc(C)cc1. The summed E-state index contributed by atoms with van der Waals surface area (Å²) < 4.78 is 0. The summed E-state index contributed by atoms with van der Waals surface area (Å²) in [5.74, 6) is 0.814. The highest BCUT2D eigenvalue weighted by Gasteiger charge is 2.31. The number of hydrogen-bond acceptors (Lipinski definition) is 0. The van der Waals surface area contributed by atoms with E-state index in [0.717, 1.165) is 5.92 Å². The lowest BCUT2D eigenvalue weighted by Crippen LogP contribution is -1.74. The molecule has 0 spiro atoms. The Morgan fingerprint density at radius 1 is 0.833 bits per heavy atom. The van der Waals surface area contributed by atoms with Gasteiger partial charge in [0.2, 0.25) is 0 Å². The lowest BCUT2D eigenvalue weighted by Gasteiger charge is -1.90. The highest BCUT2D eigenvalue weighted by Crippen LogP contribution is 2.45. The van der Waals surface area contributed by atoms with Gasteiger partial charge in [0.15, 0.2) is 0 Å². The second kappa shape index (κ2) is 5.39. The van der Waals surface area contributed by atoms with Crippen LogP contribution in [-0.2, 0) is 0 Å². The Morgan fingerprint density at radius 3 is 1.94 bits per heavy atom. The molecule has 1 aromatic carbocycles. The summed E-state index contributed by atoms with van der Waals surface area (Å²) in [6.07, 6.45) is 8.08. The van der Waals surface area contributed by atoms with Crippen LogP contribution < -0.4 is 0 Å². The second-order valence-corrected chi connectivity index (χ2v) is 5.45. The van der Waals surface area contributed by atoms with Gasteiger partial charge in [-0.15, -0.1) is 0 Å². The monoisotopic (exact) mass is 238 g/mol. The van der Waals surface area contributed by atoms with Crippen LogP contribution in [0.5, 0.6) is 0 Å². The molecule has 0 heteroatoms. The second-order valence-electron chi connectivity index (χ2n) is 5.45. The Kier molecular flexibility index (Phi) is 3.86. The van der Waals surface area contributed by atoms with E-state index in [0.29, 0.717) is 0 Å². The third-order valence-corrected chi connectivity index (χ3v) is 3.52. The summed E-state index contributed by atoms with van der Waals surface area (Å²) in [5, 5.41) is 0. The Hall–Kier alpha value is -1.56. The molecule has 0 heterocycles. The zero-order valence-corrected chi connectivity index (χ0v) is 11.8. The van der Waals surface area contributed by atoms with Crippen molar-refractivity contribution in [3.8, 4) is 0 Å². The normalized spacial score (nSPS) is 20.4. The van der Waals surface area contributed by atoms with Crippen LogP contribution in [-0.4, -0.2) is 0 Å². The summed E-state index contributed by atoms with van der Waals surface area (Å²) in [5.41, 5.74) is 7.21. The van der Waals surface area contributed by atoms with Crippen molar-refractivity contribution in [2.75, 3.05) is 0 Å². The van der Waals surface area contributed by atoms with Crippen molar-refractivity contribution in [1.82, 2.24) is 0 Å². The first-order valence-corrected chi connectivity index (χ1v) is 6.65. The van der Waals surface area contributed by atoms with Gasteiger partial charge in [-0.3, -0.25) is 0 Å². The van der Waals surface area contributed by atoms with Crippen molar-refractivity contribution < 1.29 is 0 Å². The number of fused-ring (bicyclic) bond motifs is 1. The highest BCUT2D eigenvalue weighted by molar-refractivity contribution is 5.44. The van der Waals surface area contributed by atoms with Crippen molar-refractivity contribution in [3.05, 3.63) is 70.3 Å². The van der Waals surface area contributed by atoms with Gasteiger partial charge >= 0.3 is 0 Å². The van der Waals surface area contributed by atoms with Crippen LogP contribution >= 0.6 is 0 Å². The van der Waals surface area contributed by atoms with Gasteiger partial charge in [0.05, 0.1) is 0 Å². The van der Waals surface area contributed by atoms with Crippen molar-refractivity contribution in [3.63, 3.8) is 0 Å². The van der Waals surface area contributed by atoms with Gasteiger partial charge in [-0.25, -0.2) is 0 Å². The summed E-state index contributed by atoms with van der Waals surface area (Å²) in [7, 11) is 0. The van der Waals surface area contributed by atoms with Crippen LogP contribution in [0.2, 0.25) is 0 Å². The molecule has 1 aromatic rings. The maximum atomic E-state index is 2.32. The molecule has 0 nitrogen and oxygen atoms in total. The maximum Gasteiger partial charge on any atom is 0.00483 e. The molecule has 3 rings (SSSR count). The molecule has 1 saturated carbocycles. The quantitative estimate of drug-likeness (QED) is 0.587. The van der Waals surface area contributed by atoms with Gasteiger partial charge in [-0.05, 0) is 34.1 Å². The molecule has 0 aromatic heterocycles. The van der Waals surface area contributed by atoms with Crippen LogP contribution in [0.15, 0.2) is 59.2 Å². The standard InChI is InChI=1S/C10H12.C8H10/c1-7-3-4-8(2)10-6-9(10)5-7;1-7-3-5-8(2)6-4-7/h3-5,10H,6H2,1-2H3;3-6H,1-2H3/t10-;/m1./s1. The molecule has 0 aliphatic heterocycles. The van der Waals surface area contributed by atoms with E-state index < -0.39 is 0 Å². The van der Waals surface area contributed by atoms with Crippen LogP contribution in [0.4, 0.5) is 0 Å². The van der Waals surface area contributed by atoms with Crippen molar-refractivity contribution >= 4 is 0 Å². The lowest BCUT2D eigenvalue weighted by atomic mass is 10.2. The van der Waals surface area contributed by atoms with Crippen LogP contribution in [0, 0.1) is 19.8 Å². The number of benzene rings is 1. The average Bonchev–Trinajstić information content (AvgIpc) is 3.10. The maximum absolute atomic E-state index is 2.32. The lowest BCUT2D eigenvalue weighted by molar-refractivity contribution is 1.04. The van der Waals surface area contributed by atoms with E-state index in [-0.39, 0.29) is 0 Å². The minimum Gasteiger partial charge on any atom is -0.0658 e. The van der Waals surface area contributed by atoms with Gasteiger partial charge in [0.1, 0.15) is 0 Å². The first-order valence-electron chi connectivity index (χ1n) is 6.65. The molecule has 0 radical (unpaired) electrons. The van der Waals surface area contributed by atoms with Crippen LogP contribution in [0.25, 0.3) is 0 Å². The Labute approximate surface area is 111 Å². The van der Waals surface area contributed by atoms with Crippen molar-refractivity contribution in [1.29, 1.82) is 0 Å². The molecule has 1 fully saturated rings. The molecule has 0 saturated heterocycles. The van der Waals surface area contributed by atoms with Gasteiger partial charge in [0.25, 0.3) is 0 Å². The van der Waals surface area contributed by atoms with E-state index in [1.54, 1.807) is 5.57 Å². The Morgan fingerprint density at radius 2 is 1.39 bits per heavy atom. The smallest absolute Gasteiger partial charge is 0.00483 e. The zero-order chi connectivity index (χ0) is 13.1. The summed E-state index contributed by atoms with van der Waals surface area (Å²) in [6.45, 7) is 8.58. The largest absolute Gasteiger partial charge is 0.0658 e. The number of allylic oxidation sites excluding steroid dienone is 6. The summed E-state index contributed by atoms with van der Waals surface area (Å²) in [4.78, 5) is 0. The fourth-order valence-corrected chi connectivity index (χ4v) is 2.15. The zero-order valence-electron chi connectivity index (χ0n) is 11.8. The number of hydrogen-bond donors (Lipinski definition) is 0. The Balaban J connectivity index is 0.000000138. The molecule has 1 atom stereocenters. The minimum atomic E-state index is 0.814. The Bertz CT molecular complexity index is 488. The first kappa shape index (κ1) is 12.9. The van der Waals surface area contributed by atoms with Gasteiger partial charge in [-0.1, -0.05) is 70.3 Å². The average molecular weight is 238 g/mol. The van der Waals surface area contributed by atoms with E-state index in [4.69, 9.17) is 0 Å². The molecule has 2 aliphatic carbocycles. The molecular weight excluding hydrogens is 216 g/mol. The predicted octanol–water partition coefficient (Wildman–Crippen LogP) is 5.14. The van der Waals surface area contributed by atoms with Gasteiger partial charge in [0, 0.05) is 5.92 Å². The van der Waals surface area contributed by atoms with Crippen LogP contribution in [0.1, 0.15) is 31.4 Å².